The molecule has 1 unspecified atom stereocenters. The number of para-hydroxylation sites is 1. The smallest absolute Gasteiger partial charge is 0.326 e. The lowest BCUT2D eigenvalue weighted by molar-refractivity contribution is -0.385. The Hall–Kier alpha value is -2.64. The molecule has 1 atom stereocenters. The minimum atomic E-state index is -1.11. The summed E-state index contributed by atoms with van der Waals surface area (Å²) in [4.78, 5) is 32.8. The number of urea groups is 1. The first-order valence-corrected chi connectivity index (χ1v) is 6.45. The highest BCUT2D eigenvalue weighted by Gasteiger charge is 2.19. The third-order valence-corrected chi connectivity index (χ3v) is 2.81. The van der Waals surface area contributed by atoms with Gasteiger partial charge in [-0.15, -0.1) is 0 Å². The van der Waals surface area contributed by atoms with E-state index in [1.807, 2.05) is 6.92 Å². The van der Waals surface area contributed by atoms with E-state index in [-0.39, 0.29) is 12.2 Å². The molecule has 114 valence electrons. The van der Waals surface area contributed by atoms with Crippen molar-refractivity contribution in [3.8, 4) is 0 Å². The second-order valence-corrected chi connectivity index (χ2v) is 4.39. The fraction of sp³-hybridized carbons (Fsp3) is 0.385. The van der Waals surface area contributed by atoms with Gasteiger partial charge in [-0.05, 0) is 6.42 Å². The highest BCUT2D eigenvalue weighted by Crippen LogP contribution is 2.16. The molecule has 0 aliphatic heterocycles. The van der Waals surface area contributed by atoms with E-state index in [4.69, 9.17) is 5.11 Å². The molecule has 1 aromatic carbocycles. The van der Waals surface area contributed by atoms with Crippen molar-refractivity contribution >= 4 is 17.7 Å². The molecule has 8 heteroatoms. The first kappa shape index (κ1) is 16.4. The predicted octanol–water partition coefficient (Wildman–Crippen LogP) is 1.65. The summed E-state index contributed by atoms with van der Waals surface area (Å²) in [6.45, 7) is 1.75. The van der Waals surface area contributed by atoms with E-state index < -0.39 is 23.0 Å². The van der Waals surface area contributed by atoms with Gasteiger partial charge < -0.3 is 15.7 Å². The van der Waals surface area contributed by atoms with Crippen molar-refractivity contribution in [2.45, 2.75) is 32.4 Å². The molecule has 0 radical (unpaired) electrons. The molecule has 3 N–H and O–H groups in total. The van der Waals surface area contributed by atoms with Crippen molar-refractivity contribution < 1.29 is 19.6 Å². The molecule has 1 aromatic rings. The molecule has 2 amide bonds. The predicted molar refractivity (Wildman–Crippen MR) is 74.8 cm³/mol. The zero-order chi connectivity index (χ0) is 15.8. The number of benzene rings is 1. The summed E-state index contributed by atoms with van der Waals surface area (Å²) in [6.07, 6.45) is 0.926. The quantitative estimate of drug-likeness (QED) is 0.521. The maximum Gasteiger partial charge on any atom is 0.326 e. The van der Waals surface area contributed by atoms with Gasteiger partial charge >= 0.3 is 12.0 Å². The minimum Gasteiger partial charge on any atom is -0.480 e. The van der Waals surface area contributed by atoms with Gasteiger partial charge in [0.2, 0.25) is 0 Å². The number of rotatable bonds is 7. The average molecular weight is 295 g/mol. The van der Waals surface area contributed by atoms with Gasteiger partial charge in [0.15, 0.2) is 0 Å². The van der Waals surface area contributed by atoms with Gasteiger partial charge in [-0.2, -0.15) is 0 Å². The third-order valence-electron chi connectivity index (χ3n) is 2.81. The van der Waals surface area contributed by atoms with Gasteiger partial charge in [-0.3, -0.25) is 10.1 Å². The molecular formula is C13H17N3O5. The van der Waals surface area contributed by atoms with E-state index in [1.165, 1.54) is 18.2 Å². The standard InChI is InChI=1S/C13H17N3O5/c1-2-5-10(12(17)18)15-13(19)14-8-9-6-3-4-7-11(9)16(20)21/h3-4,6-7,10H,2,5,8H2,1H3,(H,17,18)(H2,14,15,19). The van der Waals surface area contributed by atoms with Crippen molar-refractivity contribution in [2.75, 3.05) is 0 Å². The fourth-order valence-corrected chi connectivity index (χ4v) is 1.77. The first-order valence-electron chi connectivity index (χ1n) is 6.45. The fourth-order valence-electron chi connectivity index (χ4n) is 1.77. The lowest BCUT2D eigenvalue weighted by Crippen LogP contribution is -2.45. The maximum atomic E-state index is 11.6. The number of carbonyl (C=O) groups is 2. The Balaban J connectivity index is 2.61. The SMILES string of the molecule is CCCC(NC(=O)NCc1ccccc1[N+](=O)[O-])C(=O)O. The van der Waals surface area contributed by atoms with Gasteiger partial charge in [-0.25, -0.2) is 9.59 Å². The highest BCUT2D eigenvalue weighted by atomic mass is 16.6. The van der Waals surface area contributed by atoms with Crippen molar-refractivity contribution in [1.82, 2.24) is 10.6 Å². The van der Waals surface area contributed by atoms with Crippen LogP contribution in [0.3, 0.4) is 0 Å². The van der Waals surface area contributed by atoms with E-state index in [9.17, 15) is 19.7 Å². The van der Waals surface area contributed by atoms with Gasteiger partial charge in [-0.1, -0.05) is 31.5 Å². The van der Waals surface area contributed by atoms with Crippen LogP contribution in [-0.2, 0) is 11.3 Å². The number of aliphatic carboxylic acids is 1. The molecule has 0 saturated heterocycles. The molecule has 0 heterocycles. The molecule has 0 fully saturated rings. The van der Waals surface area contributed by atoms with Crippen LogP contribution in [0.25, 0.3) is 0 Å². The Labute approximate surface area is 121 Å². The zero-order valence-corrected chi connectivity index (χ0v) is 11.5. The van der Waals surface area contributed by atoms with Gasteiger partial charge in [0.1, 0.15) is 6.04 Å². The second-order valence-electron chi connectivity index (χ2n) is 4.39. The number of nitrogens with zero attached hydrogens (tertiary/aromatic N) is 1. The van der Waals surface area contributed by atoms with Crippen LogP contribution in [-0.4, -0.2) is 28.1 Å². The second kappa shape index (κ2) is 7.83. The average Bonchev–Trinajstić information content (AvgIpc) is 2.44. The lowest BCUT2D eigenvalue weighted by atomic mass is 10.1. The number of hydrogen-bond acceptors (Lipinski definition) is 4. The van der Waals surface area contributed by atoms with E-state index in [0.717, 1.165) is 0 Å². The van der Waals surface area contributed by atoms with Crippen molar-refractivity contribution in [3.05, 3.63) is 39.9 Å². The monoisotopic (exact) mass is 295 g/mol. The number of carboxylic acid groups (broad SMARTS) is 1. The number of amides is 2. The first-order chi connectivity index (χ1) is 9.95. The number of carbonyl (C=O) groups excluding carboxylic acids is 1. The third kappa shape index (κ3) is 5.09. The number of carboxylic acids is 1. The van der Waals surface area contributed by atoms with Crippen LogP contribution in [0.4, 0.5) is 10.5 Å². The normalized spacial score (nSPS) is 11.5. The maximum absolute atomic E-state index is 11.6. The number of nitrogens with one attached hydrogen (secondary N) is 2. The topological polar surface area (TPSA) is 122 Å². The summed E-state index contributed by atoms with van der Waals surface area (Å²) in [5, 5.41) is 24.5. The molecule has 0 aromatic heterocycles. The summed E-state index contributed by atoms with van der Waals surface area (Å²) in [5.74, 6) is -1.11. The van der Waals surface area contributed by atoms with Crippen LogP contribution >= 0.6 is 0 Å². The Morgan fingerprint density at radius 3 is 2.62 bits per heavy atom. The molecular weight excluding hydrogens is 278 g/mol. The Kier molecular flexibility index (Phi) is 6.12. The van der Waals surface area contributed by atoms with E-state index in [2.05, 4.69) is 10.6 Å². The number of nitro groups is 1. The van der Waals surface area contributed by atoms with Crippen LogP contribution in [0.15, 0.2) is 24.3 Å². The summed E-state index contributed by atoms with van der Waals surface area (Å²) in [5.41, 5.74) is 0.251. The summed E-state index contributed by atoms with van der Waals surface area (Å²) >= 11 is 0. The van der Waals surface area contributed by atoms with Gasteiger partial charge in [0.05, 0.1) is 11.5 Å². The van der Waals surface area contributed by atoms with Crippen LogP contribution < -0.4 is 10.6 Å². The molecule has 0 bridgehead atoms. The van der Waals surface area contributed by atoms with E-state index in [0.29, 0.717) is 18.4 Å². The minimum absolute atomic E-state index is 0.0541. The van der Waals surface area contributed by atoms with E-state index in [1.54, 1.807) is 6.07 Å². The van der Waals surface area contributed by atoms with Crippen molar-refractivity contribution in [1.29, 1.82) is 0 Å². The molecule has 0 aliphatic rings. The van der Waals surface area contributed by atoms with E-state index >= 15 is 0 Å². The molecule has 21 heavy (non-hydrogen) atoms. The molecule has 1 rings (SSSR count). The van der Waals surface area contributed by atoms with Crippen LogP contribution in [0.5, 0.6) is 0 Å². The molecule has 8 nitrogen and oxygen atoms in total. The Morgan fingerprint density at radius 1 is 1.38 bits per heavy atom. The largest absolute Gasteiger partial charge is 0.480 e. The van der Waals surface area contributed by atoms with Crippen LogP contribution in [0, 0.1) is 10.1 Å². The number of nitro benzene ring substituents is 1. The van der Waals surface area contributed by atoms with Gasteiger partial charge in [0, 0.05) is 11.6 Å². The summed E-state index contributed by atoms with van der Waals surface area (Å²) < 4.78 is 0. The highest BCUT2D eigenvalue weighted by molar-refractivity contribution is 5.82. The molecule has 0 aliphatic carbocycles. The lowest BCUT2D eigenvalue weighted by Gasteiger charge is -2.14. The zero-order valence-electron chi connectivity index (χ0n) is 11.5. The molecule has 0 saturated carbocycles. The van der Waals surface area contributed by atoms with Crippen molar-refractivity contribution in [3.63, 3.8) is 0 Å². The number of hydrogen-bond donors (Lipinski definition) is 3. The Morgan fingerprint density at radius 2 is 2.05 bits per heavy atom. The van der Waals surface area contributed by atoms with Crippen molar-refractivity contribution in [2.24, 2.45) is 0 Å². The van der Waals surface area contributed by atoms with Crippen LogP contribution in [0.1, 0.15) is 25.3 Å². The van der Waals surface area contributed by atoms with Gasteiger partial charge in [0.25, 0.3) is 5.69 Å². The summed E-state index contributed by atoms with van der Waals surface area (Å²) in [6, 6.07) is 4.38. The molecule has 0 spiro atoms. The Bertz CT molecular complexity index is 532. The van der Waals surface area contributed by atoms with Crippen LogP contribution in [0.2, 0.25) is 0 Å². The summed E-state index contributed by atoms with van der Waals surface area (Å²) in [7, 11) is 0.